The first kappa shape index (κ1) is 12.9. The molecule has 1 aromatic carbocycles. The maximum Gasteiger partial charge on any atom is 0.378 e. The molecule has 1 unspecified atom stereocenters. The van der Waals surface area contributed by atoms with E-state index in [0.717, 1.165) is 5.56 Å². The number of carboxylic acid groups (broad SMARTS) is 1. The van der Waals surface area contributed by atoms with E-state index in [9.17, 15) is 9.59 Å². The van der Waals surface area contributed by atoms with Crippen molar-refractivity contribution >= 4 is 11.9 Å². The third kappa shape index (κ3) is 2.67. The van der Waals surface area contributed by atoms with E-state index in [0.29, 0.717) is 0 Å². The van der Waals surface area contributed by atoms with Crippen LogP contribution in [0.15, 0.2) is 41.9 Å². The number of cyclic esters (lactones) is 1. The van der Waals surface area contributed by atoms with Crippen LogP contribution >= 0.6 is 0 Å². The number of esters is 1. The van der Waals surface area contributed by atoms with Crippen molar-refractivity contribution in [2.45, 2.75) is 12.7 Å². The van der Waals surface area contributed by atoms with Crippen molar-refractivity contribution < 1.29 is 28.9 Å². The number of hydrogen-bond donors (Lipinski definition) is 1. The van der Waals surface area contributed by atoms with Crippen LogP contribution in [0.1, 0.15) is 5.56 Å². The highest BCUT2D eigenvalue weighted by Crippen LogP contribution is 2.25. The Bertz CT molecular complexity index is 519. The molecule has 2 rings (SSSR count). The van der Waals surface area contributed by atoms with E-state index in [1.165, 1.54) is 7.11 Å². The van der Waals surface area contributed by atoms with Crippen LogP contribution in [0.5, 0.6) is 0 Å². The Balaban J connectivity index is 2.17. The average molecular weight is 264 g/mol. The van der Waals surface area contributed by atoms with E-state index in [2.05, 4.69) is 4.74 Å². The molecule has 0 amide bonds. The quantitative estimate of drug-likeness (QED) is 0.801. The highest BCUT2D eigenvalue weighted by atomic mass is 16.6. The van der Waals surface area contributed by atoms with Gasteiger partial charge in [-0.1, -0.05) is 30.3 Å². The van der Waals surface area contributed by atoms with Gasteiger partial charge in [0.15, 0.2) is 5.76 Å². The zero-order valence-corrected chi connectivity index (χ0v) is 10.2. The summed E-state index contributed by atoms with van der Waals surface area (Å²) >= 11 is 0. The SMILES string of the molecule is COC1=C(OCc2ccccc2)C(C(=O)O)OC1=O. The standard InChI is InChI=1S/C13H12O6/c1-17-11-9(10(12(14)15)19-13(11)16)18-7-8-5-3-2-4-6-8/h2-6,10H,7H2,1H3,(H,14,15). The minimum absolute atomic E-state index is 0.108. The molecule has 1 aromatic rings. The van der Waals surface area contributed by atoms with Crippen LogP contribution in [-0.2, 0) is 30.4 Å². The van der Waals surface area contributed by atoms with Crippen LogP contribution in [0.3, 0.4) is 0 Å². The minimum atomic E-state index is -1.45. The number of benzene rings is 1. The number of ether oxygens (including phenoxy) is 3. The fraction of sp³-hybridized carbons (Fsp3) is 0.231. The van der Waals surface area contributed by atoms with E-state index >= 15 is 0 Å². The van der Waals surface area contributed by atoms with E-state index in [-0.39, 0.29) is 18.1 Å². The van der Waals surface area contributed by atoms with E-state index < -0.39 is 18.0 Å². The summed E-state index contributed by atoms with van der Waals surface area (Å²) < 4.78 is 14.9. The van der Waals surface area contributed by atoms with Gasteiger partial charge in [-0.15, -0.1) is 0 Å². The summed E-state index contributed by atoms with van der Waals surface area (Å²) in [4.78, 5) is 22.4. The fourth-order valence-electron chi connectivity index (χ4n) is 1.66. The largest absolute Gasteiger partial charge is 0.487 e. The van der Waals surface area contributed by atoms with Gasteiger partial charge < -0.3 is 19.3 Å². The van der Waals surface area contributed by atoms with Gasteiger partial charge in [0.2, 0.25) is 5.76 Å². The molecule has 0 aliphatic carbocycles. The molecule has 0 aromatic heterocycles. The Labute approximate surface area is 109 Å². The van der Waals surface area contributed by atoms with Crippen LogP contribution in [0.4, 0.5) is 0 Å². The Morgan fingerprint density at radius 2 is 2.05 bits per heavy atom. The summed E-state index contributed by atoms with van der Waals surface area (Å²) in [6, 6.07) is 9.15. The number of hydrogen-bond acceptors (Lipinski definition) is 5. The lowest BCUT2D eigenvalue weighted by atomic mass is 10.2. The molecule has 100 valence electrons. The fourth-order valence-corrected chi connectivity index (χ4v) is 1.66. The summed E-state index contributed by atoms with van der Waals surface area (Å²) in [6.45, 7) is 0.128. The van der Waals surface area contributed by atoms with Gasteiger partial charge in [-0.25, -0.2) is 9.59 Å². The lowest BCUT2D eigenvalue weighted by Gasteiger charge is -2.11. The number of carbonyl (C=O) groups is 2. The van der Waals surface area contributed by atoms with E-state index in [1.807, 2.05) is 30.3 Å². The van der Waals surface area contributed by atoms with Gasteiger partial charge in [0.1, 0.15) is 6.61 Å². The van der Waals surface area contributed by atoms with Crippen molar-refractivity contribution in [1.29, 1.82) is 0 Å². The second-order valence-corrected chi connectivity index (χ2v) is 3.80. The van der Waals surface area contributed by atoms with E-state index in [4.69, 9.17) is 14.6 Å². The van der Waals surface area contributed by atoms with Crippen molar-refractivity contribution in [3.05, 3.63) is 47.4 Å². The molecule has 6 heteroatoms. The van der Waals surface area contributed by atoms with Gasteiger partial charge in [0, 0.05) is 0 Å². The smallest absolute Gasteiger partial charge is 0.378 e. The van der Waals surface area contributed by atoms with Crippen molar-refractivity contribution in [2.75, 3.05) is 7.11 Å². The summed E-state index contributed by atoms with van der Waals surface area (Å²) in [6.07, 6.45) is -1.45. The molecule has 1 aliphatic rings. The molecular weight excluding hydrogens is 252 g/mol. The zero-order chi connectivity index (χ0) is 13.8. The molecule has 1 aliphatic heterocycles. The minimum Gasteiger partial charge on any atom is -0.487 e. The molecule has 0 radical (unpaired) electrons. The van der Waals surface area contributed by atoms with Crippen molar-refractivity contribution in [3.63, 3.8) is 0 Å². The van der Waals surface area contributed by atoms with E-state index in [1.54, 1.807) is 0 Å². The molecule has 0 saturated carbocycles. The predicted octanol–water partition coefficient (Wildman–Crippen LogP) is 1.07. The Morgan fingerprint density at radius 1 is 1.37 bits per heavy atom. The summed E-state index contributed by atoms with van der Waals surface area (Å²) in [5.74, 6) is -2.45. The first-order chi connectivity index (χ1) is 9.13. The average Bonchev–Trinajstić information content (AvgIpc) is 2.74. The van der Waals surface area contributed by atoms with Crippen LogP contribution in [-0.4, -0.2) is 30.3 Å². The van der Waals surface area contributed by atoms with Crippen LogP contribution in [0.2, 0.25) is 0 Å². The Kier molecular flexibility index (Phi) is 3.70. The zero-order valence-electron chi connectivity index (χ0n) is 10.2. The number of carbonyl (C=O) groups excluding carboxylic acids is 1. The van der Waals surface area contributed by atoms with Crippen molar-refractivity contribution in [1.82, 2.24) is 0 Å². The molecule has 6 nitrogen and oxygen atoms in total. The monoisotopic (exact) mass is 264 g/mol. The van der Waals surface area contributed by atoms with Gasteiger partial charge in [0.05, 0.1) is 7.11 Å². The maximum absolute atomic E-state index is 11.4. The third-order valence-electron chi connectivity index (χ3n) is 2.54. The third-order valence-corrected chi connectivity index (χ3v) is 2.54. The van der Waals surface area contributed by atoms with Gasteiger partial charge in [-0.2, -0.15) is 0 Å². The molecule has 1 N–H and O–H groups in total. The van der Waals surface area contributed by atoms with Crippen LogP contribution in [0, 0.1) is 0 Å². The molecule has 1 heterocycles. The van der Waals surface area contributed by atoms with Crippen molar-refractivity contribution in [2.24, 2.45) is 0 Å². The number of methoxy groups -OCH3 is 1. The summed E-state index contributed by atoms with van der Waals surface area (Å²) in [5, 5.41) is 8.96. The first-order valence-electron chi connectivity index (χ1n) is 5.52. The molecule has 19 heavy (non-hydrogen) atoms. The van der Waals surface area contributed by atoms with Crippen LogP contribution < -0.4 is 0 Å². The molecule has 0 fully saturated rings. The summed E-state index contributed by atoms with van der Waals surface area (Å²) in [7, 11) is 1.26. The lowest BCUT2D eigenvalue weighted by Crippen LogP contribution is -2.24. The summed E-state index contributed by atoms with van der Waals surface area (Å²) in [5.41, 5.74) is 0.842. The highest BCUT2D eigenvalue weighted by Gasteiger charge is 2.42. The predicted molar refractivity (Wildman–Crippen MR) is 62.8 cm³/mol. The number of rotatable bonds is 5. The number of aliphatic carboxylic acids is 1. The normalized spacial score (nSPS) is 18.2. The second-order valence-electron chi connectivity index (χ2n) is 3.80. The van der Waals surface area contributed by atoms with Crippen molar-refractivity contribution in [3.8, 4) is 0 Å². The molecular formula is C13H12O6. The van der Waals surface area contributed by atoms with Crippen LogP contribution in [0.25, 0.3) is 0 Å². The second kappa shape index (κ2) is 5.43. The van der Waals surface area contributed by atoms with Gasteiger partial charge in [-0.05, 0) is 5.56 Å². The van der Waals surface area contributed by atoms with Gasteiger partial charge >= 0.3 is 11.9 Å². The molecule has 0 bridgehead atoms. The highest BCUT2D eigenvalue weighted by molar-refractivity contribution is 5.95. The Morgan fingerprint density at radius 3 is 2.63 bits per heavy atom. The first-order valence-corrected chi connectivity index (χ1v) is 5.52. The topological polar surface area (TPSA) is 82.1 Å². The number of carboxylic acids is 1. The molecule has 0 spiro atoms. The molecule has 0 saturated heterocycles. The van der Waals surface area contributed by atoms with Gasteiger partial charge in [-0.3, -0.25) is 0 Å². The van der Waals surface area contributed by atoms with Gasteiger partial charge in [0.25, 0.3) is 6.10 Å². The molecule has 1 atom stereocenters. The maximum atomic E-state index is 11.4. The lowest BCUT2D eigenvalue weighted by molar-refractivity contribution is -0.158. The Hall–Kier alpha value is -2.50.